The summed E-state index contributed by atoms with van der Waals surface area (Å²) >= 11 is 5.64. The van der Waals surface area contributed by atoms with E-state index >= 15 is 0 Å². The largest absolute Gasteiger partial charge is 0.467 e. The second kappa shape index (κ2) is 5.01. The first kappa shape index (κ1) is 11.8. The van der Waals surface area contributed by atoms with Crippen molar-refractivity contribution < 1.29 is 19.7 Å². The molecule has 2 N–H and O–H groups in total. The molecule has 0 amide bonds. The smallest absolute Gasteiger partial charge is 0.337 e. The van der Waals surface area contributed by atoms with Gasteiger partial charge in [0.25, 0.3) is 0 Å². The van der Waals surface area contributed by atoms with Crippen LogP contribution in [0.25, 0.3) is 0 Å². The fraction of sp³-hybridized carbons (Fsp3) is 0.375. The van der Waals surface area contributed by atoms with Crippen molar-refractivity contribution in [2.24, 2.45) is 0 Å². The van der Waals surface area contributed by atoms with Crippen molar-refractivity contribution in [2.75, 3.05) is 7.11 Å². The Morgan fingerprint density at radius 1 is 1.60 bits per heavy atom. The Balaban J connectivity index is 2.89. The summed E-state index contributed by atoms with van der Waals surface area (Å²) in [6.07, 6.45) is -0.820. The Hall–Kier alpha value is -1.24. The van der Waals surface area contributed by atoms with Crippen LogP contribution in [0.2, 0.25) is 5.15 Å². The summed E-state index contributed by atoms with van der Waals surface area (Å²) in [6.45, 7) is 0. The summed E-state index contributed by atoms with van der Waals surface area (Å²) in [5.74, 6) is -0.956. The number of methoxy groups -OCH3 is 1. The second-order valence-corrected chi connectivity index (χ2v) is 3.04. The maximum atomic E-state index is 10.9. The highest BCUT2D eigenvalue weighted by atomic mass is 35.5. The van der Waals surface area contributed by atoms with Crippen molar-refractivity contribution in [3.05, 3.63) is 23.2 Å². The topological polar surface area (TPSA) is 92.5 Å². The minimum absolute atomic E-state index is 0.0274. The van der Waals surface area contributed by atoms with Gasteiger partial charge in [0, 0.05) is 11.8 Å². The Morgan fingerprint density at radius 3 is 2.80 bits per heavy atom. The molecule has 2 atom stereocenters. The van der Waals surface area contributed by atoms with Crippen LogP contribution in [0.15, 0.2) is 12.5 Å². The third-order valence-electron chi connectivity index (χ3n) is 1.75. The van der Waals surface area contributed by atoms with E-state index in [0.29, 0.717) is 0 Å². The number of carbonyl (C=O) groups excluding carboxylic acids is 1. The molecule has 6 nitrogen and oxygen atoms in total. The van der Waals surface area contributed by atoms with E-state index in [1.165, 1.54) is 12.5 Å². The minimum atomic E-state index is -1.71. The molecule has 0 saturated heterocycles. The predicted molar refractivity (Wildman–Crippen MR) is 50.0 cm³/mol. The van der Waals surface area contributed by atoms with Crippen molar-refractivity contribution in [1.82, 2.24) is 9.97 Å². The summed E-state index contributed by atoms with van der Waals surface area (Å²) in [4.78, 5) is 18.1. The van der Waals surface area contributed by atoms with Crippen LogP contribution in [0.1, 0.15) is 11.7 Å². The normalized spacial score (nSPS) is 14.4. The van der Waals surface area contributed by atoms with Gasteiger partial charge in [0.15, 0.2) is 6.10 Å². The number of hydrogen-bond acceptors (Lipinski definition) is 6. The van der Waals surface area contributed by atoms with Gasteiger partial charge in [0.05, 0.1) is 7.11 Å². The molecule has 7 heteroatoms. The molecule has 82 valence electrons. The van der Waals surface area contributed by atoms with E-state index in [2.05, 4.69) is 14.7 Å². The standard InChI is InChI=1S/C8H9ClN2O4/c1-15-8(14)6(13)5(12)4-2-10-3-11-7(4)9/h2-3,5-6,12-13H,1H3. The number of aliphatic hydroxyl groups is 2. The Kier molecular flexibility index (Phi) is 3.96. The SMILES string of the molecule is COC(=O)C(O)C(O)c1cncnc1Cl. The lowest BCUT2D eigenvalue weighted by atomic mass is 10.1. The van der Waals surface area contributed by atoms with E-state index in [9.17, 15) is 15.0 Å². The molecule has 1 heterocycles. The number of hydrogen-bond donors (Lipinski definition) is 2. The Labute approximate surface area is 90.5 Å². The third-order valence-corrected chi connectivity index (χ3v) is 2.07. The van der Waals surface area contributed by atoms with Gasteiger partial charge in [-0.05, 0) is 0 Å². The van der Waals surface area contributed by atoms with Crippen molar-refractivity contribution in [3.8, 4) is 0 Å². The average molecular weight is 233 g/mol. The van der Waals surface area contributed by atoms with E-state index in [1.54, 1.807) is 0 Å². The molecule has 1 aromatic heterocycles. The molecule has 2 unspecified atom stereocenters. The zero-order chi connectivity index (χ0) is 11.4. The minimum Gasteiger partial charge on any atom is -0.467 e. The van der Waals surface area contributed by atoms with Gasteiger partial charge in [-0.2, -0.15) is 0 Å². The maximum absolute atomic E-state index is 10.9. The van der Waals surface area contributed by atoms with E-state index in [1.807, 2.05) is 0 Å². The van der Waals surface area contributed by atoms with Gasteiger partial charge in [-0.3, -0.25) is 0 Å². The van der Waals surface area contributed by atoms with E-state index < -0.39 is 18.2 Å². The van der Waals surface area contributed by atoms with Crippen LogP contribution in [-0.2, 0) is 9.53 Å². The number of esters is 1. The summed E-state index contributed by atoms with van der Waals surface area (Å²) in [7, 11) is 1.10. The zero-order valence-corrected chi connectivity index (χ0v) is 8.55. The van der Waals surface area contributed by atoms with Crippen LogP contribution in [0, 0.1) is 0 Å². The molecule has 15 heavy (non-hydrogen) atoms. The molecule has 1 aromatic rings. The van der Waals surface area contributed by atoms with Crippen molar-refractivity contribution in [1.29, 1.82) is 0 Å². The highest BCUT2D eigenvalue weighted by Crippen LogP contribution is 2.22. The summed E-state index contributed by atoms with van der Waals surface area (Å²) in [5, 5.41) is 18.9. The highest BCUT2D eigenvalue weighted by Gasteiger charge is 2.28. The molecule has 0 bridgehead atoms. The molecule has 1 rings (SSSR count). The van der Waals surface area contributed by atoms with Crippen molar-refractivity contribution in [2.45, 2.75) is 12.2 Å². The Morgan fingerprint density at radius 2 is 2.27 bits per heavy atom. The summed E-state index contributed by atoms with van der Waals surface area (Å²) in [5.41, 5.74) is 0.0667. The van der Waals surface area contributed by atoms with Gasteiger partial charge in [-0.15, -0.1) is 0 Å². The molecule has 0 aliphatic heterocycles. The fourth-order valence-corrected chi connectivity index (χ4v) is 1.15. The zero-order valence-electron chi connectivity index (χ0n) is 7.79. The molecule has 0 radical (unpaired) electrons. The average Bonchev–Trinajstić information content (AvgIpc) is 2.26. The quantitative estimate of drug-likeness (QED) is 0.549. The Bertz CT molecular complexity index is 360. The van der Waals surface area contributed by atoms with E-state index in [0.717, 1.165) is 7.11 Å². The van der Waals surface area contributed by atoms with Gasteiger partial charge in [0.2, 0.25) is 0 Å². The van der Waals surface area contributed by atoms with Crippen LogP contribution in [-0.4, -0.2) is 39.4 Å². The molecule has 0 spiro atoms. The lowest BCUT2D eigenvalue weighted by molar-refractivity contribution is -0.156. The van der Waals surface area contributed by atoms with Gasteiger partial charge in [-0.25, -0.2) is 14.8 Å². The van der Waals surface area contributed by atoms with Gasteiger partial charge < -0.3 is 14.9 Å². The molecule has 0 aliphatic carbocycles. The first-order valence-electron chi connectivity index (χ1n) is 3.97. The van der Waals surface area contributed by atoms with Crippen LogP contribution in [0.3, 0.4) is 0 Å². The lowest BCUT2D eigenvalue weighted by Gasteiger charge is -2.15. The predicted octanol–water partition coefficient (Wildman–Crippen LogP) is -0.303. The number of ether oxygens (including phenoxy) is 1. The fourth-order valence-electron chi connectivity index (χ4n) is 0.944. The van der Waals surface area contributed by atoms with E-state index in [-0.39, 0.29) is 10.7 Å². The number of carbonyl (C=O) groups is 1. The first-order valence-corrected chi connectivity index (χ1v) is 4.35. The molecule has 0 fully saturated rings. The van der Waals surface area contributed by atoms with E-state index in [4.69, 9.17) is 11.6 Å². The van der Waals surface area contributed by atoms with Crippen molar-refractivity contribution in [3.63, 3.8) is 0 Å². The monoisotopic (exact) mass is 232 g/mol. The number of aromatic nitrogens is 2. The lowest BCUT2D eigenvalue weighted by Crippen LogP contribution is -2.29. The van der Waals surface area contributed by atoms with Gasteiger partial charge >= 0.3 is 5.97 Å². The number of halogens is 1. The third kappa shape index (κ3) is 2.62. The number of aliphatic hydroxyl groups excluding tert-OH is 2. The molecular weight excluding hydrogens is 224 g/mol. The van der Waals surface area contributed by atoms with Crippen LogP contribution in [0.5, 0.6) is 0 Å². The number of nitrogens with zero attached hydrogens (tertiary/aromatic N) is 2. The van der Waals surface area contributed by atoms with Crippen molar-refractivity contribution >= 4 is 17.6 Å². The highest BCUT2D eigenvalue weighted by molar-refractivity contribution is 6.30. The molecular formula is C8H9ClN2O4. The molecule has 0 aromatic carbocycles. The summed E-state index contributed by atoms with van der Waals surface area (Å²) in [6, 6.07) is 0. The molecule has 0 aliphatic rings. The molecule has 0 saturated carbocycles. The second-order valence-electron chi connectivity index (χ2n) is 2.68. The summed E-state index contributed by atoms with van der Waals surface area (Å²) < 4.78 is 4.26. The first-order chi connectivity index (χ1) is 7.07. The number of rotatable bonds is 3. The van der Waals surface area contributed by atoms with Crippen LogP contribution < -0.4 is 0 Å². The van der Waals surface area contributed by atoms with Crippen LogP contribution in [0.4, 0.5) is 0 Å². The maximum Gasteiger partial charge on any atom is 0.337 e. The van der Waals surface area contributed by atoms with Gasteiger partial charge in [0.1, 0.15) is 17.6 Å². The van der Waals surface area contributed by atoms with Gasteiger partial charge in [-0.1, -0.05) is 11.6 Å². The van der Waals surface area contributed by atoms with Crippen LogP contribution >= 0.6 is 11.6 Å².